The predicted molar refractivity (Wildman–Crippen MR) is 550 cm³/mol. The van der Waals surface area contributed by atoms with Crippen LogP contribution in [0.3, 0.4) is 0 Å². The summed E-state index contributed by atoms with van der Waals surface area (Å²) in [5.74, 6) is 9.33. The summed E-state index contributed by atoms with van der Waals surface area (Å²) in [6.45, 7) is 0. The highest BCUT2D eigenvalue weighted by Gasteiger charge is 2.21. The van der Waals surface area contributed by atoms with Crippen LogP contribution >= 0.6 is 0 Å². The van der Waals surface area contributed by atoms with Gasteiger partial charge in [-0.1, -0.05) is 212 Å². The highest BCUT2D eigenvalue weighted by Crippen LogP contribution is 2.41. The first kappa shape index (κ1) is 92.7. The van der Waals surface area contributed by atoms with Gasteiger partial charge in [0.25, 0.3) is 0 Å². The third-order valence-corrected chi connectivity index (χ3v) is 23.4. The van der Waals surface area contributed by atoms with Gasteiger partial charge in [0.15, 0.2) is 0 Å². The molecule has 0 aliphatic carbocycles. The van der Waals surface area contributed by atoms with Gasteiger partial charge in [-0.05, 0) is 271 Å². The minimum absolute atomic E-state index is 0.767. The fraction of sp³-hybridized carbons (Fsp3) is 0.100. The average molecular weight is 1780 g/mol. The van der Waals surface area contributed by atoms with Gasteiger partial charge in [0.1, 0.15) is 69.0 Å². The largest absolute Gasteiger partial charge is 0.497 e. The zero-order valence-corrected chi connectivity index (χ0v) is 77.7. The second-order valence-corrected chi connectivity index (χ2v) is 31.2. The molecule has 0 unspecified atom stereocenters. The zero-order valence-electron chi connectivity index (χ0n) is 77.7. The van der Waals surface area contributed by atoms with Gasteiger partial charge in [0.2, 0.25) is 0 Å². The summed E-state index contributed by atoms with van der Waals surface area (Å²) in [4.78, 5) is 6.59. The van der Waals surface area contributed by atoms with Gasteiger partial charge in [-0.15, -0.1) is 0 Å². The Morgan fingerprint density at radius 1 is 0.133 bits per heavy atom. The van der Waals surface area contributed by atoms with Crippen molar-refractivity contribution < 1.29 is 56.8 Å². The molecule has 0 amide bonds. The Kier molecular flexibility index (Phi) is 31.2. The lowest BCUT2D eigenvalue weighted by Gasteiger charge is -2.23. The zero-order chi connectivity index (χ0) is 93.8. The smallest absolute Gasteiger partial charge is 0.118 e. The monoisotopic (exact) mass is 1780 g/mol. The Bertz CT molecular complexity index is 5820. The van der Waals surface area contributed by atoms with Gasteiger partial charge in [-0.25, -0.2) is 0 Å². The summed E-state index contributed by atoms with van der Waals surface area (Å²) in [6.07, 6.45) is 13.1. The summed E-state index contributed by atoms with van der Waals surface area (Å²) >= 11 is 0. The molecule has 0 atom stereocenters. The summed E-state index contributed by atoms with van der Waals surface area (Å²) in [5, 5.41) is 0. The Morgan fingerprint density at radius 3 is 0.356 bits per heavy atom. The summed E-state index contributed by atoms with van der Waals surface area (Å²) in [7, 11) is 20.2. The maximum absolute atomic E-state index is 5.61. The maximum atomic E-state index is 5.61. The summed E-state index contributed by atoms with van der Waals surface area (Å²) in [6, 6.07) is 134. The van der Waals surface area contributed by atoms with E-state index in [0.29, 0.717) is 0 Å². The van der Waals surface area contributed by atoms with Crippen LogP contribution in [0, 0.1) is 0 Å². The summed E-state index contributed by atoms with van der Waals surface area (Å²) < 4.78 is 66.9. The lowest BCUT2D eigenvalue weighted by atomic mass is 9.96. The van der Waals surface area contributed by atoms with Crippen LogP contribution in [-0.4, -0.2) is 85.3 Å². The van der Waals surface area contributed by atoms with Crippen LogP contribution in [0.1, 0.15) is 66.8 Å². The van der Waals surface area contributed by atoms with Crippen molar-refractivity contribution >= 4 is 50.5 Å². The van der Waals surface area contributed by atoms with E-state index in [-0.39, 0.29) is 0 Å². The standard InChI is InChI=1S/C76H68N2O8.C44H39NO4/c1-79-65-33-13-55(14-34-65)73(56-15-35-66(80-2)36-16-56)49-77(50-74(57-17-37-67(81-3)38-18-57)58-19-39-68(82-4)40-20-58)63-29-9-53(10-30-63)54-11-31-64(32-12-54)78(51-75(59-21-41-69(83-5)42-22-59)60-23-43-70(84-6)44-24-60)52-76(61-25-45-71(85-7)46-26-61)62-27-47-72(86-8)48-28-62;1-46-39-22-12-34(13-23-39)43(35-14-24-40(47-2)25-15-35)30-45(38-20-10-33(11-21-38)32-8-6-5-7-9-32)31-44(36-16-26-41(48-3)27-17-36)37-18-28-42(49-4)29-19-37/h9-52H,1-8H3;5-31H,1-4H3. The van der Waals surface area contributed by atoms with E-state index in [1.54, 1.807) is 85.3 Å². The normalized spacial score (nSPS) is 10.5. The van der Waals surface area contributed by atoms with Crippen LogP contribution < -0.4 is 71.5 Å². The molecule has 135 heavy (non-hydrogen) atoms. The van der Waals surface area contributed by atoms with Crippen molar-refractivity contribution in [2.45, 2.75) is 0 Å². The molecule has 0 aliphatic rings. The molecule has 0 heterocycles. The third kappa shape index (κ3) is 23.4. The number of nitrogens with zero attached hydrogens (tertiary/aromatic N) is 3. The van der Waals surface area contributed by atoms with Crippen LogP contribution in [0.2, 0.25) is 0 Å². The predicted octanol–water partition coefficient (Wildman–Crippen LogP) is 27.8. The molecule has 15 nitrogen and oxygen atoms in total. The van der Waals surface area contributed by atoms with E-state index in [4.69, 9.17) is 56.8 Å². The quantitative estimate of drug-likeness (QED) is 0.0374. The van der Waals surface area contributed by atoms with Gasteiger partial charge in [0, 0.05) is 87.7 Å². The Morgan fingerprint density at radius 2 is 0.244 bits per heavy atom. The third-order valence-electron chi connectivity index (χ3n) is 23.4. The van der Waals surface area contributed by atoms with E-state index < -0.39 is 0 Å². The van der Waals surface area contributed by atoms with E-state index in [0.717, 1.165) is 203 Å². The molecular weight excluding hydrogens is 1680 g/mol. The van der Waals surface area contributed by atoms with Gasteiger partial charge in [0.05, 0.1) is 85.3 Å². The molecule has 0 saturated carbocycles. The van der Waals surface area contributed by atoms with Gasteiger partial charge < -0.3 is 71.5 Å². The molecule has 0 aromatic heterocycles. The molecule has 16 aromatic carbocycles. The van der Waals surface area contributed by atoms with Crippen molar-refractivity contribution in [3.8, 4) is 91.2 Å². The molecule has 16 rings (SSSR count). The number of hydrogen-bond acceptors (Lipinski definition) is 15. The molecule has 0 radical (unpaired) electrons. The topological polar surface area (TPSA) is 120 Å². The van der Waals surface area contributed by atoms with Crippen LogP contribution in [0.5, 0.6) is 69.0 Å². The Hall–Kier alpha value is -17.0. The maximum Gasteiger partial charge on any atom is 0.118 e. The highest BCUT2D eigenvalue weighted by atomic mass is 16.5. The SMILES string of the molecule is COc1ccc(C(=CN(C=C(c2ccc(OC)cc2)c2ccc(OC)cc2)c2ccc(-c3ccc(N(C=C(c4ccc(OC)cc4)c4ccc(OC)cc4)C=C(c4ccc(OC)cc4)c4ccc(OC)cc4)cc3)cc2)c2ccc(OC)cc2)cc1.COc1ccc(C(=CN(C=C(c2ccc(OC)cc2)c2ccc(OC)cc2)c2ccc(-c3ccccc3)cc2)c2ccc(OC)cc2)cc1. The van der Waals surface area contributed by atoms with E-state index in [2.05, 4.69) is 295 Å². The van der Waals surface area contributed by atoms with E-state index in [9.17, 15) is 0 Å². The van der Waals surface area contributed by atoms with Crippen molar-refractivity contribution in [1.29, 1.82) is 0 Å². The van der Waals surface area contributed by atoms with Crippen LogP contribution in [0.4, 0.5) is 17.1 Å². The molecule has 0 aliphatic heterocycles. The Balaban J connectivity index is 0.000000239. The molecule has 0 spiro atoms. The first-order valence-corrected chi connectivity index (χ1v) is 44.0. The molecule has 0 saturated heterocycles. The van der Waals surface area contributed by atoms with Crippen LogP contribution in [-0.2, 0) is 0 Å². The van der Waals surface area contributed by atoms with Crippen LogP contribution in [0.15, 0.2) is 432 Å². The molecular formula is C120H107N3O12. The minimum Gasteiger partial charge on any atom is -0.497 e. The van der Waals surface area contributed by atoms with E-state index in [1.807, 2.05) is 152 Å². The number of anilines is 3. The number of methoxy groups -OCH3 is 12. The van der Waals surface area contributed by atoms with Crippen molar-refractivity contribution in [3.05, 3.63) is 498 Å². The van der Waals surface area contributed by atoms with Gasteiger partial charge in [-0.3, -0.25) is 0 Å². The van der Waals surface area contributed by atoms with Gasteiger partial charge >= 0.3 is 0 Å². The minimum atomic E-state index is 0.767. The average Bonchev–Trinajstić information content (AvgIpc) is 0.795. The fourth-order valence-corrected chi connectivity index (χ4v) is 15.6. The van der Waals surface area contributed by atoms with Gasteiger partial charge in [-0.2, -0.15) is 0 Å². The van der Waals surface area contributed by atoms with Crippen molar-refractivity contribution in [2.75, 3.05) is 100 Å². The van der Waals surface area contributed by atoms with E-state index in [1.165, 1.54) is 5.56 Å². The van der Waals surface area contributed by atoms with E-state index >= 15 is 0 Å². The van der Waals surface area contributed by atoms with Crippen molar-refractivity contribution in [2.24, 2.45) is 0 Å². The molecule has 0 bridgehead atoms. The number of benzene rings is 16. The molecule has 15 heteroatoms. The molecule has 0 N–H and O–H groups in total. The lowest BCUT2D eigenvalue weighted by Crippen LogP contribution is -2.11. The first-order chi connectivity index (χ1) is 66.3. The molecule has 674 valence electrons. The number of ether oxygens (including phenoxy) is 12. The highest BCUT2D eigenvalue weighted by molar-refractivity contribution is 5.91. The second kappa shape index (κ2) is 45.5. The first-order valence-electron chi connectivity index (χ1n) is 44.0. The van der Waals surface area contributed by atoms with Crippen molar-refractivity contribution in [1.82, 2.24) is 0 Å². The number of hydrogen-bond donors (Lipinski definition) is 0. The Labute approximate surface area is 792 Å². The number of rotatable bonds is 35. The second-order valence-electron chi connectivity index (χ2n) is 31.2. The van der Waals surface area contributed by atoms with Crippen molar-refractivity contribution in [3.63, 3.8) is 0 Å². The lowest BCUT2D eigenvalue weighted by molar-refractivity contribution is 0.414. The molecule has 0 fully saturated rings. The molecule has 16 aromatic rings. The fourth-order valence-electron chi connectivity index (χ4n) is 15.6. The van der Waals surface area contributed by atoms with Crippen LogP contribution in [0.25, 0.3) is 55.7 Å². The summed E-state index contributed by atoms with van der Waals surface area (Å²) in [5.41, 5.74) is 25.4.